The number of aromatic nitrogens is 9. The largest absolute Gasteiger partial charge is 0.465 e. The summed E-state index contributed by atoms with van der Waals surface area (Å²) in [4.78, 5) is 42.3. The average molecular weight is 565 g/mol. The van der Waals surface area contributed by atoms with E-state index in [0.717, 1.165) is 4.90 Å². The lowest BCUT2D eigenvalue weighted by Gasteiger charge is -2.14. The maximum Gasteiger partial charge on any atom is 0.412 e. The van der Waals surface area contributed by atoms with Crippen molar-refractivity contribution < 1.29 is 9.90 Å². The minimum Gasteiger partial charge on any atom is -0.465 e. The van der Waals surface area contributed by atoms with Gasteiger partial charge in [-0.25, -0.2) is 19.7 Å². The van der Waals surface area contributed by atoms with E-state index >= 15 is 0 Å². The first kappa shape index (κ1) is 24.7. The SMILES string of the molecule is CN(C(=O)O)c1ccc(-c2nc([C@@H]3CCc4nc(-c5cc(Cl)ccc5-n5cnnn5)cc(=O)n43)[nH]c2Cl)cn1. The Morgan fingerprint density at radius 2 is 2.03 bits per heavy atom. The van der Waals surface area contributed by atoms with Gasteiger partial charge in [0.25, 0.3) is 5.56 Å². The summed E-state index contributed by atoms with van der Waals surface area (Å²) in [5, 5.41) is 21.2. The summed E-state index contributed by atoms with van der Waals surface area (Å²) < 4.78 is 3.08. The summed E-state index contributed by atoms with van der Waals surface area (Å²) in [6.07, 6.45) is 2.95. The number of fused-ring (bicyclic) bond motifs is 1. The number of halogens is 2. The molecule has 4 aromatic heterocycles. The molecule has 39 heavy (non-hydrogen) atoms. The maximum absolute atomic E-state index is 13.4. The van der Waals surface area contributed by atoms with E-state index in [-0.39, 0.29) is 16.5 Å². The molecule has 196 valence electrons. The molecule has 0 saturated carbocycles. The first-order chi connectivity index (χ1) is 18.8. The van der Waals surface area contributed by atoms with Crippen LogP contribution in [0, 0.1) is 0 Å². The van der Waals surface area contributed by atoms with Crippen LogP contribution in [0.4, 0.5) is 10.6 Å². The summed E-state index contributed by atoms with van der Waals surface area (Å²) in [5.74, 6) is 1.37. The Hall–Kier alpha value is -4.62. The Bertz CT molecular complexity index is 1770. The summed E-state index contributed by atoms with van der Waals surface area (Å²) >= 11 is 12.7. The van der Waals surface area contributed by atoms with Gasteiger partial charge in [-0.2, -0.15) is 4.68 Å². The number of benzene rings is 1. The second kappa shape index (κ2) is 9.60. The number of anilines is 1. The molecule has 0 radical (unpaired) electrons. The molecule has 0 spiro atoms. The van der Waals surface area contributed by atoms with E-state index in [1.807, 2.05) is 0 Å². The number of nitrogens with zero attached hydrogens (tertiary/aromatic N) is 9. The van der Waals surface area contributed by atoms with E-state index in [2.05, 4.69) is 30.5 Å². The van der Waals surface area contributed by atoms with Crippen molar-refractivity contribution in [3.05, 3.63) is 81.1 Å². The van der Waals surface area contributed by atoms with Gasteiger partial charge < -0.3 is 10.1 Å². The van der Waals surface area contributed by atoms with E-state index in [1.54, 1.807) is 34.9 Å². The van der Waals surface area contributed by atoms with Crippen molar-refractivity contribution in [2.24, 2.45) is 0 Å². The average Bonchev–Trinajstić information content (AvgIpc) is 3.68. The Balaban J connectivity index is 1.35. The number of rotatable bonds is 5. The van der Waals surface area contributed by atoms with Crippen molar-refractivity contribution >= 4 is 35.1 Å². The van der Waals surface area contributed by atoms with Gasteiger partial charge in [0.2, 0.25) is 0 Å². The predicted octanol–water partition coefficient (Wildman–Crippen LogP) is 3.63. The van der Waals surface area contributed by atoms with Crippen LogP contribution in [-0.4, -0.2) is 63.0 Å². The van der Waals surface area contributed by atoms with E-state index in [0.29, 0.717) is 57.7 Å². The maximum atomic E-state index is 13.4. The highest BCUT2D eigenvalue weighted by molar-refractivity contribution is 6.32. The monoisotopic (exact) mass is 564 g/mol. The molecule has 0 aliphatic carbocycles. The summed E-state index contributed by atoms with van der Waals surface area (Å²) in [5.41, 5.74) is 2.49. The topological polar surface area (TPSA) is 161 Å². The van der Waals surface area contributed by atoms with E-state index < -0.39 is 12.1 Å². The number of carboxylic acid groups (broad SMARTS) is 1. The molecule has 0 fully saturated rings. The zero-order valence-electron chi connectivity index (χ0n) is 20.2. The number of nitrogens with one attached hydrogen (secondary N) is 1. The van der Waals surface area contributed by atoms with Crippen molar-refractivity contribution in [2.45, 2.75) is 18.9 Å². The van der Waals surface area contributed by atoms with E-state index in [1.165, 1.54) is 30.3 Å². The number of aryl methyl sites for hydroxylation is 1. The highest BCUT2D eigenvalue weighted by atomic mass is 35.5. The molecule has 2 N–H and O–H groups in total. The number of carbonyl (C=O) groups is 1. The molecular formula is C24H18Cl2N10O3. The second-order valence-electron chi connectivity index (χ2n) is 8.77. The number of tetrazole rings is 1. The fourth-order valence-electron chi connectivity index (χ4n) is 4.57. The number of aromatic amines is 1. The van der Waals surface area contributed by atoms with Crippen LogP contribution in [0.1, 0.15) is 24.1 Å². The molecule has 0 bridgehead atoms. The molecule has 1 aromatic carbocycles. The van der Waals surface area contributed by atoms with Crippen LogP contribution < -0.4 is 10.5 Å². The Kier molecular flexibility index (Phi) is 6.08. The quantitative estimate of drug-likeness (QED) is 0.324. The molecule has 6 rings (SSSR count). The third-order valence-corrected chi connectivity index (χ3v) is 6.96. The van der Waals surface area contributed by atoms with E-state index in [4.69, 9.17) is 33.3 Å². The van der Waals surface area contributed by atoms with Gasteiger partial charge in [-0.15, -0.1) is 5.10 Å². The summed E-state index contributed by atoms with van der Waals surface area (Å²) in [6.45, 7) is 0. The lowest BCUT2D eigenvalue weighted by atomic mass is 10.1. The van der Waals surface area contributed by atoms with Gasteiger partial charge in [0, 0.05) is 41.9 Å². The van der Waals surface area contributed by atoms with Crippen LogP contribution in [0.3, 0.4) is 0 Å². The van der Waals surface area contributed by atoms with Crippen molar-refractivity contribution in [3.8, 4) is 28.2 Å². The van der Waals surface area contributed by atoms with Crippen LogP contribution in [0.15, 0.2) is 53.7 Å². The fourth-order valence-corrected chi connectivity index (χ4v) is 4.99. The Labute approximate surface area is 229 Å². The molecule has 0 saturated heterocycles. The van der Waals surface area contributed by atoms with Gasteiger partial charge in [0.05, 0.1) is 17.4 Å². The standard InChI is InChI=1S/C24H18Cl2N10O3/c1-34(24(38)39)18-6-2-12(10-27-18)21-22(26)31-23(30-21)17-5-7-19-29-15(9-20(37)36(17)19)14-8-13(25)3-4-16(14)35-11-28-32-33-35/h2-4,6,8-11,17H,5,7H2,1H3,(H,30,31)(H,38,39)/t17-/m0/s1. The van der Waals surface area contributed by atoms with Crippen LogP contribution in [0.2, 0.25) is 10.2 Å². The highest BCUT2D eigenvalue weighted by Crippen LogP contribution is 2.34. The zero-order chi connectivity index (χ0) is 27.3. The third-order valence-electron chi connectivity index (χ3n) is 6.45. The smallest absolute Gasteiger partial charge is 0.412 e. The third kappa shape index (κ3) is 4.41. The minimum absolute atomic E-state index is 0.253. The molecule has 1 amide bonds. The molecule has 5 heterocycles. The predicted molar refractivity (Wildman–Crippen MR) is 141 cm³/mol. The zero-order valence-corrected chi connectivity index (χ0v) is 21.7. The second-order valence-corrected chi connectivity index (χ2v) is 9.58. The molecule has 15 heteroatoms. The van der Waals surface area contributed by atoms with Crippen LogP contribution in [0.25, 0.3) is 28.2 Å². The van der Waals surface area contributed by atoms with Crippen LogP contribution in [0.5, 0.6) is 0 Å². The van der Waals surface area contributed by atoms with Gasteiger partial charge in [0.15, 0.2) is 0 Å². The summed E-state index contributed by atoms with van der Waals surface area (Å²) in [6, 6.07) is 9.49. The number of pyridine rings is 1. The highest BCUT2D eigenvalue weighted by Gasteiger charge is 2.30. The first-order valence-corrected chi connectivity index (χ1v) is 12.4. The van der Waals surface area contributed by atoms with Gasteiger partial charge in [0.1, 0.15) is 34.6 Å². The molecule has 5 aromatic rings. The molecular weight excluding hydrogens is 547 g/mol. The first-order valence-electron chi connectivity index (χ1n) is 11.6. The Morgan fingerprint density at radius 3 is 2.74 bits per heavy atom. The van der Waals surface area contributed by atoms with Gasteiger partial charge in [-0.05, 0) is 47.2 Å². The molecule has 1 atom stereocenters. The molecule has 0 unspecified atom stereocenters. The van der Waals surface area contributed by atoms with Crippen molar-refractivity contribution in [2.75, 3.05) is 11.9 Å². The molecule has 13 nitrogen and oxygen atoms in total. The lowest BCUT2D eigenvalue weighted by Crippen LogP contribution is -2.25. The summed E-state index contributed by atoms with van der Waals surface area (Å²) in [7, 11) is 1.40. The van der Waals surface area contributed by atoms with Crippen molar-refractivity contribution in [1.82, 2.24) is 44.7 Å². The number of hydrogen-bond donors (Lipinski definition) is 2. The fraction of sp³-hybridized carbons (Fsp3) is 0.167. The van der Waals surface area contributed by atoms with Gasteiger partial charge in [-0.3, -0.25) is 14.3 Å². The number of H-pyrrole nitrogens is 1. The normalized spacial score (nSPS) is 14.4. The van der Waals surface area contributed by atoms with Gasteiger partial charge >= 0.3 is 6.09 Å². The van der Waals surface area contributed by atoms with Gasteiger partial charge in [-0.1, -0.05) is 23.2 Å². The minimum atomic E-state index is -1.13. The molecule has 1 aliphatic heterocycles. The number of imidazole rings is 1. The molecule has 1 aliphatic rings. The lowest BCUT2D eigenvalue weighted by molar-refractivity contribution is 0.203. The number of hydrogen-bond acceptors (Lipinski definition) is 8. The van der Waals surface area contributed by atoms with Crippen LogP contribution in [-0.2, 0) is 6.42 Å². The van der Waals surface area contributed by atoms with E-state index in [9.17, 15) is 9.59 Å². The van der Waals surface area contributed by atoms with Crippen LogP contribution >= 0.6 is 23.2 Å². The number of amides is 1. The Morgan fingerprint density at radius 1 is 1.18 bits per heavy atom. The van der Waals surface area contributed by atoms with Crippen molar-refractivity contribution in [3.63, 3.8) is 0 Å². The van der Waals surface area contributed by atoms with Crippen molar-refractivity contribution in [1.29, 1.82) is 0 Å².